The Balaban J connectivity index is 0.00000256. The molecule has 1 aromatic heterocycles. The molecule has 3 aromatic rings. The Labute approximate surface area is 180 Å². The molecule has 2 aromatic carbocycles. The fourth-order valence-corrected chi connectivity index (χ4v) is 3.73. The number of anilines is 1. The lowest BCUT2D eigenvalue weighted by molar-refractivity contribution is 0.102. The van der Waals surface area contributed by atoms with Crippen LogP contribution >= 0.6 is 12.4 Å². The molecule has 6 nitrogen and oxygen atoms in total. The van der Waals surface area contributed by atoms with Gasteiger partial charge in [-0.15, -0.1) is 12.4 Å². The molecule has 1 amide bonds. The van der Waals surface area contributed by atoms with Gasteiger partial charge in [-0.05, 0) is 56.3 Å². The predicted octanol–water partition coefficient (Wildman–Crippen LogP) is 4.16. The quantitative estimate of drug-likeness (QED) is 0.637. The van der Waals surface area contributed by atoms with E-state index in [-0.39, 0.29) is 30.0 Å². The van der Waals surface area contributed by atoms with Crippen LogP contribution < -0.4 is 15.4 Å². The highest BCUT2D eigenvalue weighted by Crippen LogP contribution is 2.31. The third-order valence-electron chi connectivity index (χ3n) is 5.16. The van der Waals surface area contributed by atoms with Crippen LogP contribution in [0.3, 0.4) is 0 Å². The Hall–Kier alpha value is -2.90. The van der Waals surface area contributed by atoms with E-state index in [2.05, 4.69) is 15.7 Å². The third kappa shape index (κ3) is 4.63. The van der Waals surface area contributed by atoms with Gasteiger partial charge in [-0.2, -0.15) is 5.10 Å². The number of nitrogens with zero attached hydrogens (tertiary/aromatic N) is 2. The highest BCUT2D eigenvalue weighted by Gasteiger charge is 2.27. The molecule has 0 radical (unpaired) electrons. The summed E-state index contributed by atoms with van der Waals surface area (Å²) < 4.78 is 20.7. The maximum absolute atomic E-state index is 13.8. The topological polar surface area (TPSA) is 68.2 Å². The number of hydrogen-bond donors (Lipinski definition) is 2. The van der Waals surface area contributed by atoms with Gasteiger partial charge in [-0.1, -0.05) is 12.1 Å². The molecule has 4 rings (SSSR count). The van der Waals surface area contributed by atoms with Crippen molar-refractivity contribution in [3.8, 4) is 11.4 Å². The van der Waals surface area contributed by atoms with Crippen LogP contribution in [0.4, 0.5) is 10.1 Å². The molecular formula is C22H24ClFN4O2. The van der Waals surface area contributed by atoms with E-state index in [1.54, 1.807) is 36.2 Å². The number of carbonyl (C=O) groups excluding carboxylic acids is 1. The zero-order valence-corrected chi connectivity index (χ0v) is 17.4. The number of benzene rings is 2. The van der Waals surface area contributed by atoms with Gasteiger partial charge in [0, 0.05) is 17.7 Å². The minimum absolute atomic E-state index is 0. The summed E-state index contributed by atoms with van der Waals surface area (Å²) in [4.78, 5) is 13.1. The van der Waals surface area contributed by atoms with Gasteiger partial charge in [0.15, 0.2) is 0 Å². The SMILES string of the molecule is COc1cccc(NC(=O)c2cnn(-c3cccc(F)c3)c2C2CCNCC2)c1.Cl. The van der Waals surface area contributed by atoms with Crippen molar-refractivity contribution in [2.75, 3.05) is 25.5 Å². The highest BCUT2D eigenvalue weighted by molar-refractivity contribution is 6.05. The fraction of sp³-hybridized carbons (Fsp3) is 0.273. The van der Waals surface area contributed by atoms with Crippen LogP contribution in [0.5, 0.6) is 5.75 Å². The minimum atomic E-state index is -0.336. The van der Waals surface area contributed by atoms with Crippen molar-refractivity contribution >= 4 is 24.0 Å². The van der Waals surface area contributed by atoms with Crippen LogP contribution in [-0.4, -0.2) is 35.9 Å². The number of aromatic nitrogens is 2. The Morgan fingerprint density at radius 2 is 1.97 bits per heavy atom. The number of hydrogen-bond acceptors (Lipinski definition) is 4. The number of amides is 1. The summed E-state index contributed by atoms with van der Waals surface area (Å²) in [5.74, 6) is 0.246. The van der Waals surface area contributed by atoms with Gasteiger partial charge in [-0.3, -0.25) is 4.79 Å². The molecule has 1 aliphatic rings. The summed E-state index contributed by atoms with van der Waals surface area (Å²) in [5, 5.41) is 10.7. The average molecular weight is 431 g/mol. The summed E-state index contributed by atoms with van der Waals surface area (Å²) in [5.41, 5.74) is 2.57. The van der Waals surface area contributed by atoms with Gasteiger partial charge in [0.2, 0.25) is 0 Å². The summed E-state index contributed by atoms with van der Waals surface area (Å²) in [6.45, 7) is 1.74. The summed E-state index contributed by atoms with van der Waals surface area (Å²) in [6, 6.07) is 13.5. The summed E-state index contributed by atoms with van der Waals surface area (Å²) in [6.07, 6.45) is 3.35. The van der Waals surface area contributed by atoms with E-state index in [4.69, 9.17) is 4.74 Å². The first kappa shape index (κ1) is 21.8. The number of carbonyl (C=O) groups is 1. The lowest BCUT2D eigenvalue weighted by Gasteiger charge is -2.24. The van der Waals surface area contributed by atoms with Gasteiger partial charge in [0.05, 0.1) is 30.3 Å². The van der Waals surface area contributed by atoms with Crippen LogP contribution in [0.15, 0.2) is 54.7 Å². The molecule has 0 atom stereocenters. The van der Waals surface area contributed by atoms with Crippen LogP contribution in [0.25, 0.3) is 5.69 Å². The molecule has 2 N–H and O–H groups in total. The Morgan fingerprint density at radius 1 is 1.20 bits per heavy atom. The Morgan fingerprint density at radius 3 is 2.70 bits per heavy atom. The van der Waals surface area contributed by atoms with Gasteiger partial charge < -0.3 is 15.4 Å². The Kier molecular flexibility index (Phi) is 7.07. The normalized spacial score (nSPS) is 14.1. The molecule has 2 heterocycles. The van der Waals surface area contributed by atoms with E-state index in [1.807, 2.05) is 18.2 Å². The molecule has 1 aliphatic heterocycles. The van der Waals surface area contributed by atoms with Crippen molar-refractivity contribution < 1.29 is 13.9 Å². The molecule has 158 valence electrons. The van der Waals surface area contributed by atoms with E-state index < -0.39 is 0 Å². The molecule has 0 bridgehead atoms. The van der Waals surface area contributed by atoms with Crippen molar-refractivity contribution in [3.63, 3.8) is 0 Å². The number of rotatable bonds is 5. The van der Waals surface area contributed by atoms with E-state index in [9.17, 15) is 9.18 Å². The predicted molar refractivity (Wildman–Crippen MR) is 117 cm³/mol. The average Bonchev–Trinajstić information content (AvgIpc) is 3.20. The van der Waals surface area contributed by atoms with E-state index >= 15 is 0 Å². The van der Waals surface area contributed by atoms with Crippen molar-refractivity contribution in [1.82, 2.24) is 15.1 Å². The first-order valence-corrected chi connectivity index (χ1v) is 9.65. The van der Waals surface area contributed by atoms with Crippen molar-refractivity contribution in [2.45, 2.75) is 18.8 Å². The van der Waals surface area contributed by atoms with Gasteiger partial charge in [-0.25, -0.2) is 9.07 Å². The zero-order chi connectivity index (χ0) is 20.2. The van der Waals surface area contributed by atoms with Gasteiger partial charge in [0.1, 0.15) is 11.6 Å². The second-order valence-electron chi connectivity index (χ2n) is 7.05. The number of nitrogens with one attached hydrogen (secondary N) is 2. The number of piperidine rings is 1. The first-order valence-electron chi connectivity index (χ1n) is 9.65. The molecule has 1 fully saturated rings. The second-order valence-corrected chi connectivity index (χ2v) is 7.05. The molecule has 0 spiro atoms. The summed E-state index contributed by atoms with van der Waals surface area (Å²) in [7, 11) is 1.58. The number of halogens is 2. The maximum Gasteiger partial charge on any atom is 0.259 e. The van der Waals surface area contributed by atoms with Crippen molar-refractivity contribution in [3.05, 3.63) is 71.8 Å². The van der Waals surface area contributed by atoms with E-state index in [1.165, 1.54) is 12.1 Å². The van der Waals surface area contributed by atoms with E-state index in [0.29, 0.717) is 22.7 Å². The van der Waals surface area contributed by atoms with Crippen LogP contribution in [-0.2, 0) is 0 Å². The van der Waals surface area contributed by atoms with E-state index in [0.717, 1.165) is 31.6 Å². The minimum Gasteiger partial charge on any atom is -0.497 e. The van der Waals surface area contributed by atoms with Gasteiger partial charge >= 0.3 is 0 Å². The highest BCUT2D eigenvalue weighted by atomic mass is 35.5. The molecule has 1 saturated heterocycles. The monoisotopic (exact) mass is 430 g/mol. The standard InChI is InChI=1S/C22H23FN4O2.ClH/c1-29-19-7-3-5-17(13-19)26-22(28)20-14-25-27(18-6-2-4-16(23)12-18)21(20)15-8-10-24-11-9-15;/h2-7,12-15,24H,8-11H2,1H3,(H,26,28);1H. The molecule has 8 heteroatoms. The lowest BCUT2D eigenvalue weighted by atomic mass is 9.91. The summed E-state index contributed by atoms with van der Waals surface area (Å²) >= 11 is 0. The zero-order valence-electron chi connectivity index (χ0n) is 16.6. The first-order chi connectivity index (χ1) is 14.2. The Bertz CT molecular complexity index is 1020. The molecule has 0 saturated carbocycles. The van der Waals surface area contributed by atoms with Crippen LogP contribution in [0.2, 0.25) is 0 Å². The molecule has 30 heavy (non-hydrogen) atoms. The molecule has 0 aliphatic carbocycles. The van der Waals surface area contributed by atoms with Gasteiger partial charge in [0.25, 0.3) is 5.91 Å². The third-order valence-corrected chi connectivity index (χ3v) is 5.16. The number of ether oxygens (including phenoxy) is 1. The fourth-order valence-electron chi connectivity index (χ4n) is 3.73. The lowest BCUT2D eigenvalue weighted by Crippen LogP contribution is -2.29. The van der Waals surface area contributed by atoms with Crippen LogP contribution in [0.1, 0.15) is 34.8 Å². The van der Waals surface area contributed by atoms with Crippen molar-refractivity contribution in [1.29, 1.82) is 0 Å². The maximum atomic E-state index is 13.8. The number of methoxy groups -OCH3 is 1. The molecular weight excluding hydrogens is 407 g/mol. The van der Waals surface area contributed by atoms with Crippen molar-refractivity contribution in [2.24, 2.45) is 0 Å². The largest absolute Gasteiger partial charge is 0.497 e. The second kappa shape index (κ2) is 9.73. The van der Waals surface area contributed by atoms with Crippen LogP contribution in [0, 0.1) is 5.82 Å². The smallest absolute Gasteiger partial charge is 0.259 e. The molecule has 0 unspecified atom stereocenters.